The number of fused-ring (bicyclic) bond motifs is 3. The van der Waals surface area contributed by atoms with Gasteiger partial charge in [-0.3, -0.25) is 4.79 Å². The van der Waals surface area contributed by atoms with Crippen molar-refractivity contribution in [2.24, 2.45) is 0 Å². The van der Waals surface area contributed by atoms with Crippen LogP contribution in [-0.2, 0) is 11.3 Å². The zero-order valence-corrected chi connectivity index (χ0v) is 16.5. The standard InChI is InChI=1S/C16H14Cl2IN3O2/c1-8(23)21-10-3-2-5-22-15(10)14(19)12-11(24-6-4-20)7-9(17)13(18)16(12)22/h7,10H,2-3,5-6H2,1H3,(H,21,23). The molecule has 3 rings (SSSR count). The van der Waals surface area contributed by atoms with E-state index in [1.807, 2.05) is 6.07 Å². The normalized spacial score (nSPS) is 16.5. The van der Waals surface area contributed by atoms with Crippen LogP contribution in [0.1, 0.15) is 31.5 Å². The first-order chi connectivity index (χ1) is 11.5. The number of carbonyl (C=O) groups excluding carboxylic acids is 1. The summed E-state index contributed by atoms with van der Waals surface area (Å²) < 4.78 is 8.64. The molecule has 1 atom stereocenters. The second-order valence-electron chi connectivity index (χ2n) is 5.59. The Kier molecular flexibility index (Phi) is 5.13. The maximum absolute atomic E-state index is 11.5. The fraction of sp³-hybridized carbons (Fsp3) is 0.375. The zero-order valence-electron chi connectivity index (χ0n) is 12.8. The lowest BCUT2D eigenvalue weighted by Crippen LogP contribution is -2.31. The summed E-state index contributed by atoms with van der Waals surface area (Å²) in [5.41, 5.74) is 1.81. The molecule has 0 spiro atoms. The van der Waals surface area contributed by atoms with Crippen molar-refractivity contribution < 1.29 is 9.53 Å². The van der Waals surface area contributed by atoms with E-state index < -0.39 is 0 Å². The molecule has 0 bridgehead atoms. The number of aromatic nitrogens is 1. The highest BCUT2D eigenvalue weighted by Crippen LogP contribution is 2.45. The zero-order chi connectivity index (χ0) is 17.4. The number of aryl methyl sites for hydroxylation is 1. The monoisotopic (exact) mass is 477 g/mol. The molecule has 0 fully saturated rings. The Morgan fingerprint density at radius 2 is 2.33 bits per heavy atom. The van der Waals surface area contributed by atoms with Gasteiger partial charge in [-0.2, -0.15) is 5.26 Å². The Morgan fingerprint density at radius 3 is 3.00 bits per heavy atom. The number of halogens is 3. The molecule has 1 aromatic carbocycles. The van der Waals surface area contributed by atoms with Gasteiger partial charge in [0.15, 0.2) is 6.61 Å². The maximum atomic E-state index is 11.5. The van der Waals surface area contributed by atoms with Crippen LogP contribution in [0.4, 0.5) is 0 Å². The minimum absolute atomic E-state index is 0.0698. The van der Waals surface area contributed by atoms with Crippen LogP contribution in [0, 0.1) is 14.9 Å². The van der Waals surface area contributed by atoms with Crippen molar-refractivity contribution in [3.8, 4) is 11.8 Å². The SMILES string of the molecule is CC(=O)NC1CCCn2c1c(I)c1c(OCC#N)cc(Cl)c(Cl)c12. The van der Waals surface area contributed by atoms with Crippen LogP contribution in [0.25, 0.3) is 10.9 Å². The third kappa shape index (κ3) is 2.93. The van der Waals surface area contributed by atoms with Crippen LogP contribution in [0.2, 0.25) is 10.0 Å². The van der Waals surface area contributed by atoms with Gasteiger partial charge in [-0.1, -0.05) is 23.2 Å². The predicted octanol–water partition coefficient (Wildman–Crippen LogP) is 4.43. The summed E-state index contributed by atoms with van der Waals surface area (Å²) in [6.45, 7) is 2.24. The van der Waals surface area contributed by atoms with Gasteiger partial charge in [0.1, 0.15) is 11.8 Å². The number of carbonyl (C=O) groups is 1. The molecule has 2 aromatic rings. The number of ether oxygens (including phenoxy) is 1. The van der Waals surface area contributed by atoms with Gasteiger partial charge in [-0.25, -0.2) is 0 Å². The van der Waals surface area contributed by atoms with Crippen molar-refractivity contribution in [1.29, 1.82) is 5.26 Å². The van der Waals surface area contributed by atoms with Crippen molar-refractivity contribution >= 4 is 62.6 Å². The smallest absolute Gasteiger partial charge is 0.217 e. The van der Waals surface area contributed by atoms with Gasteiger partial charge in [-0.15, -0.1) is 0 Å². The number of hydrogen-bond donors (Lipinski definition) is 1. The molecule has 1 amide bonds. The van der Waals surface area contributed by atoms with Gasteiger partial charge >= 0.3 is 0 Å². The summed E-state index contributed by atoms with van der Waals surface area (Å²) in [6, 6.07) is 3.54. The number of benzene rings is 1. The first-order valence-corrected chi connectivity index (χ1v) is 9.25. The van der Waals surface area contributed by atoms with E-state index >= 15 is 0 Å². The van der Waals surface area contributed by atoms with Crippen LogP contribution < -0.4 is 10.1 Å². The first-order valence-electron chi connectivity index (χ1n) is 7.42. The number of nitrogens with zero attached hydrogens (tertiary/aromatic N) is 2. The molecule has 1 aromatic heterocycles. The van der Waals surface area contributed by atoms with E-state index in [9.17, 15) is 4.79 Å². The minimum Gasteiger partial charge on any atom is -0.478 e. The Bertz CT molecular complexity index is 873. The van der Waals surface area contributed by atoms with Crippen LogP contribution in [0.15, 0.2) is 6.07 Å². The van der Waals surface area contributed by atoms with E-state index in [4.69, 9.17) is 33.2 Å². The Labute approximate surface area is 163 Å². The fourth-order valence-electron chi connectivity index (χ4n) is 3.20. The molecule has 126 valence electrons. The molecule has 0 saturated heterocycles. The number of nitrogens with one attached hydrogen (secondary N) is 1. The summed E-state index contributed by atoms with van der Waals surface area (Å²) in [6.07, 6.45) is 1.79. The van der Waals surface area contributed by atoms with Crippen molar-refractivity contribution in [2.75, 3.05) is 6.61 Å². The largest absolute Gasteiger partial charge is 0.478 e. The topological polar surface area (TPSA) is 67.1 Å². The van der Waals surface area contributed by atoms with Gasteiger partial charge in [0.25, 0.3) is 0 Å². The first kappa shape index (κ1) is 17.6. The molecule has 0 radical (unpaired) electrons. The molecule has 0 saturated carbocycles. The van der Waals surface area contributed by atoms with Gasteiger partial charge in [0, 0.05) is 23.1 Å². The molecule has 0 aliphatic carbocycles. The van der Waals surface area contributed by atoms with Crippen LogP contribution in [0.5, 0.6) is 5.75 Å². The van der Waals surface area contributed by atoms with E-state index in [1.165, 1.54) is 6.92 Å². The van der Waals surface area contributed by atoms with Crippen LogP contribution in [0.3, 0.4) is 0 Å². The average Bonchev–Trinajstić information content (AvgIpc) is 2.84. The second-order valence-corrected chi connectivity index (χ2v) is 7.45. The lowest BCUT2D eigenvalue weighted by Gasteiger charge is -2.26. The molecule has 1 unspecified atom stereocenters. The molecule has 2 heterocycles. The third-order valence-electron chi connectivity index (χ3n) is 4.04. The summed E-state index contributed by atoms with van der Waals surface area (Å²) in [4.78, 5) is 11.5. The van der Waals surface area contributed by atoms with Crippen molar-refractivity contribution in [3.63, 3.8) is 0 Å². The van der Waals surface area contributed by atoms with E-state index in [1.54, 1.807) is 6.07 Å². The summed E-state index contributed by atoms with van der Waals surface area (Å²) in [5.74, 6) is 0.466. The van der Waals surface area contributed by atoms with E-state index in [0.717, 1.165) is 39.6 Å². The third-order valence-corrected chi connectivity index (χ3v) is 5.91. The molecule has 1 N–H and O–H groups in total. The summed E-state index contributed by atoms with van der Waals surface area (Å²) in [5, 5.41) is 13.5. The molecular formula is C16H14Cl2IN3O2. The average molecular weight is 478 g/mol. The lowest BCUT2D eigenvalue weighted by atomic mass is 10.0. The minimum atomic E-state index is -0.0748. The van der Waals surface area contributed by atoms with Crippen LogP contribution in [-0.4, -0.2) is 17.1 Å². The predicted molar refractivity (Wildman–Crippen MR) is 102 cm³/mol. The van der Waals surface area contributed by atoms with E-state index in [2.05, 4.69) is 32.5 Å². The molecule has 1 aliphatic rings. The summed E-state index contributed by atoms with van der Waals surface area (Å²) >= 11 is 15.0. The quantitative estimate of drug-likeness (QED) is 0.665. The second kappa shape index (κ2) is 6.98. The van der Waals surface area contributed by atoms with Gasteiger partial charge < -0.3 is 14.6 Å². The highest BCUT2D eigenvalue weighted by Gasteiger charge is 2.30. The van der Waals surface area contributed by atoms with E-state index in [0.29, 0.717) is 15.8 Å². The van der Waals surface area contributed by atoms with Gasteiger partial charge in [0.05, 0.1) is 32.7 Å². The molecule has 5 nitrogen and oxygen atoms in total. The molecule has 1 aliphatic heterocycles. The highest BCUT2D eigenvalue weighted by atomic mass is 127. The number of hydrogen-bond acceptors (Lipinski definition) is 3. The van der Waals surface area contributed by atoms with Gasteiger partial charge in [-0.05, 0) is 35.4 Å². The number of amides is 1. The van der Waals surface area contributed by atoms with Gasteiger partial charge in [0.2, 0.25) is 5.91 Å². The van der Waals surface area contributed by atoms with Crippen LogP contribution >= 0.6 is 45.8 Å². The molecule has 24 heavy (non-hydrogen) atoms. The maximum Gasteiger partial charge on any atom is 0.217 e. The highest BCUT2D eigenvalue weighted by molar-refractivity contribution is 14.1. The molecular weight excluding hydrogens is 464 g/mol. The number of rotatable bonds is 3. The van der Waals surface area contributed by atoms with Crippen molar-refractivity contribution in [2.45, 2.75) is 32.4 Å². The van der Waals surface area contributed by atoms with Crippen molar-refractivity contribution in [1.82, 2.24) is 9.88 Å². The van der Waals surface area contributed by atoms with Crippen molar-refractivity contribution in [3.05, 3.63) is 25.4 Å². The Morgan fingerprint density at radius 1 is 1.58 bits per heavy atom. The Balaban J connectivity index is 2.28. The Hall–Kier alpha value is -1.17. The lowest BCUT2D eigenvalue weighted by molar-refractivity contribution is -0.119. The summed E-state index contributed by atoms with van der Waals surface area (Å²) in [7, 11) is 0. The van der Waals surface area contributed by atoms with E-state index in [-0.39, 0.29) is 18.6 Å². The molecule has 8 heteroatoms. The number of nitriles is 1. The fourth-order valence-corrected chi connectivity index (χ4v) is 4.82.